The maximum absolute atomic E-state index is 13.0. The van der Waals surface area contributed by atoms with Crippen LogP contribution in [0.25, 0.3) is 0 Å². The summed E-state index contributed by atoms with van der Waals surface area (Å²) in [5, 5.41) is 9.53. The molecule has 3 nitrogen and oxygen atoms in total. The number of benzene rings is 1. The lowest BCUT2D eigenvalue weighted by Gasteiger charge is -2.41. The second-order valence-electron chi connectivity index (χ2n) is 4.97. The monoisotopic (exact) mass is 289 g/mol. The predicted octanol–water partition coefficient (Wildman–Crippen LogP) is 2.88. The number of carboxylic acid groups (broad SMARTS) is 1. The normalized spacial score (nSPS) is 21.5. The van der Waals surface area contributed by atoms with E-state index < -0.39 is 29.8 Å². The lowest BCUT2D eigenvalue weighted by molar-refractivity contribution is -0.144. The molecule has 1 saturated carbocycles. The summed E-state index contributed by atoms with van der Waals surface area (Å²) in [5.74, 6) is -4.92. The van der Waals surface area contributed by atoms with Crippen molar-refractivity contribution in [2.24, 2.45) is 11.7 Å². The summed E-state index contributed by atoms with van der Waals surface area (Å²) in [5.41, 5.74) is 6.29. The number of carbonyl (C=O) groups is 1. The highest BCUT2D eigenvalue weighted by atomic mass is 35.5. The summed E-state index contributed by atoms with van der Waals surface area (Å²) in [7, 11) is 0. The molecule has 0 amide bonds. The number of rotatable bonds is 4. The number of nitrogens with two attached hydrogens (primary N) is 1. The van der Waals surface area contributed by atoms with Gasteiger partial charge in [-0.25, -0.2) is 8.78 Å². The van der Waals surface area contributed by atoms with Gasteiger partial charge in [-0.15, -0.1) is 0 Å². The van der Waals surface area contributed by atoms with Crippen molar-refractivity contribution in [3.63, 3.8) is 0 Å². The maximum atomic E-state index is 13.0. The Labute approximate surface area is 114 Å². The molecular weight excluding hydrogens is 276 g/mol. The Hall–Kier alpha value is -1.20. The van der Waals surface area contributed by atoms with Gasteiger partial charge < -0.3 is 10.8 Å². The van der Waals surface area contributed by atoms with Gasteiger partial charge in [0.15, 0.2) is 0 Å². The molecule has 1 fully saturated rings. The van der Waals surface area contributed by atoms with E-state index in [0.29, 0.717) is 10.6 Å². The minimum atomic E-state index is -2.70. The molecule has 1 aliphatic carbocycles. The van der Waals surface area contributed by atoms with Gasteiger partial charge in [0.25, 0.3) is 0 Å². The first-order valence-corrected chi connectivity index (χ1v) is 6.29. The minimum absolute atomic E-state index is 0.318. The Kier molecular flexibility index (Phi) is 3.78. The summed E-state index contributed by atoms with van der Waals surface area (Å²) in [6, 6.07) is 5.31. The van der Waals surface area contributed by atoms with Gasteiger partial charge in [-0.2, -0.15) is 0 Å². The average Bonchev–Trinajstić information content (AvgIpc) is 2.29. The van der Waals surface area contributed by atoms with E-state index in [1.165, 1.54) is 0 Å². The molecule has 1 unspecified atom stereocenters. The average molecular weight is 290 g/mol. The van der Waals surface area contributed by atoms with Crippen molar-refractivity contribution in [1.29, 1.82) is 0 Å². The van der Waals surface area contributed by atoms with Crippen molar-refractivity contribution in [1.82, 2.24) is 0 Å². The molecule has 0 heterocycles. The van der Waals surface area contributed by atoms with E-state index >= 15 is 0 Å². The van der Waals surface area contributed by atoms with E-state index in [0.717, 1.165) is 0 Å². The molecule has 1 aromatic carbocycles. The fraction of sp³-hybridized carbons (Fsp3) is 0.462. The molecule has 6 heteroatoms. The highest BCUT2D eigenvalue weighted by Gasteiger charge is 2.50. The van der Waals surface area contributed by atoms with Crippen molar-refractivity contribution in [2.75, 3.05) is 0 Å². The molecule has 0 bridgehead atoms. The highest BCUT2D eigenvalue weighted by Crippen LogP contribution is 2.50. The number of hydrogen-bond donors (Lipinski definition) is 2. The maximum Gasteiger partial charge on any atom is 0.321 e. The summed E-state index contributed by atoms with van der Waals surface area (Å²) < 4.78 is 26.0. The molecule has 3 N–H and O–H groups in total. The molecule has 19 heavy (non-hydrogen) atoms. The van der Waals surface area contributed by atoms with Crippen molar-refractivity contribution in [2.45, 2.75) is 30.7 Å². The number of alkyl halides is 2. The molecule has 2 rings (SSSR count). The summed E-state index contributed by atoms with van der Waals surface area (Å²) in [4.78, 5) is 11.0. The summed E-state index contributed by atoms with van der Waals surface area (Å²) >= 11 is 5.76. The minimum Gasteiger partial charge on any atom is -0.480 e. The Morgan fingerprint density at radius 2 is 1.89 bits per heavy atom. The molecule has 0 saturated heterocycles. The fourth-order valence-electron chi connectivity index (χ4n) is 2.57. The first-order valence-electron chi connectivity index (χ1n) is 5.92. The van der Waals surface area contributed by atoms with Crippen LogP contribution in [0.15, 0.2) is 24.3 Å². The standard InChI is InChI=1S/C13H14ClF2NO2/c14-9-3-1-7(2-4-9)10(11(17)12(18)19)8-5-13(15,16)6-8/h1-4,8,10-11H,5-6,17H2,(H,18,19)/t10?,11-/m0/s1. The summed E-state index contributed by atoms with van der Waals surface area (Å²) in [6.07, 6.45) is -0.636. The number of halogens is 3. The van der Waals surface area contributed by atoms with Crippen molar-refractivity contribution < 1.29 is 18.7 Å². The zero-order valence-corrected chi connectivity index (χ0v) is 10.8. The molecular formula is C13H14ClF2NO2. The van der Waals surface area contributed by atoms with Gasteiger partial charge >= 0.3 is 5.97 Å². The van der Waals surface area contributed by atoms with Crippen LogP contribution in [0.3, 0.4) is 0 Å². The Morgan fingerprint density at radius 1 is 1.37 bits per heavy atom. The van der Waals surface area contributed by atoms with Crippen LogP contribution < -0.4 is 5.73 Å². The smallest absolute Gasteiger partial charge is 0.321 e. The fourth-order valence-corrected chi connectivity index (χ4v) is 2.70. The molecule has 0 radical (unpaired) electrons. The molecule has 0 aliphatic heterocycles. The number of hydrogen-bond acceptors (Lipinski definition) is 2. The van der Waals surface area contributed by atoms with Crippen LogP contribution in [0, 0.1) is 5.92 Å². The molecule has 1 aromatic rings. The van der Waals surface area contributed by atoms with E-state index in [1.807, 2.05) is 0 Å². The van der Waals surface area contributed by atoms with E-state index in [9.17, 15) is 13.6 Å². The van der Waals surface area contributed by atoms with Crippen LogP contribution in [-0.4, -0.2) is 23.0 Å². The topological polar surface area (TPSA) is 63.3 Å². The van der Waals surface area contributed by atoms with E-state index in [-0.39, 0.29) is 12.8 Å². The van der Waals surface area contributed by atoms with Gasteiger partial charge in [-0.05, 0) is 23.6 Å². The van der Waals surface area contributed by atoms with Gasteiger partial charge in [0.2, 0.25) is 5.92 Å². The number of carboxylic acids is 1. The van der Waals surface area contributed by atoms with Crippen LogP contribution in [0.4, 0.5) is 8.78 Å². The Bertz CT molecular complexity index is 470. The van der Waals surface area contributed by atoms with Gasteiger partial charge in [-0.1, -0.05) is 23.7 Å². The predicted molar refractivity (Wildman–Crippen MR) is 67.5 cm³/mol. The lowest BCUT2D eigenvalue weighted by atomic mass is 9.68. The first kappa shape index (κ1) is 14.2. The SMILES string of the molecule is N[C@H](C(=O)O)C(c1ccc(Cl)cc1)C1CC(F)(F)C1. The third-order valence-electron chi connectivity index (χ3n) is 3.56. The third-order valence-corrected chi connectivity index (χ3v) is 3.81. The zero-order valence-electron chi connectivity index (χ0n) is 10.0. The lowest BCUT2D eigenvalue weighted by Crippen LogP contribution is -2.47. The number of aliphatic carboxylic acids is 1. The largest absolute Gasteiger partial charge is 0.480 e. The third kappa shape index (κ3) is 3.04. The van der Waals surface area contributed by atoms with Gasteiger partial charge in [0, 0.05) is 23.8 Å². The van der Waals surface area contributed by atoms with Crippen LogP contribution in [0.1, 0.15) is 24.3 Å². The Morgan fingerprint density at radius 3 is 2.32 bits per heavy atom. The van der Waals surface area contributed by atoms with Crippen LogP contribution >= 0.6 is 11.6 Å². The van der Waals surface area contributed by atoms with Crippen LogP contribution in [0.5, 0.6) is 0 Å². The van der Waals surface area contributed by atoms with E-state index in [1.54, 1.807) is 24.3 Å². The van der Waals surface area contributed by atoms with Crippen LogP contribution in [-0.2, 0) is 4.79 Å². The zero-order chi connectivity index (χ0) is 14.2. The molecule has 2 atom stereocenters. The molecule has 0 aromatic heterocycles. The quantitative estimate of drug-likeness (QED) is 0.896. The van der Waals surface area contributed by atoms with Crippen LogP contribution in [0.2, 0.25) is 5.02 Å². The second kappa shape index (κ2) is 5.06. The molecule has 0 spiro atoms. The second-order valence-corrected chi connectivity index (χ2v) is 5.40. The Balaban J connectivity index is 2.25. The van der Waals surface area contributed by atoms with Gasteiger partial charge in [-0.3, -0.25) is 4.79 Å². The van der Waals surface area contributed by atoms with Crippen molar-refractivity contribution in [3.8, 4) is 0 Å². The first-order chi connectivity index (χ1) is 8.80. The van der Waals surface area contributed by atoms with Gasteiger partial charge in [0.05, 0.1) is 0 Å². The van der Waals surface area contributed by atoms with E-state index in [2.05, 4.69) is 0 Å². The van der Waals surface area contributed by atoms with Crippen molar-refractivity contribution in [3.05, 3.63) is 34.9 Å². The molecule has 1 aliphatic rings. The van der Waals surface area contributed by atoms with Gasteiger partial charge in [0.1, 0.15) is 6.04 Å². The van der Waals surface area contributed by atoms with Crippen molar-refractivity contribution >= 4 is 17.6 Å². The highest BCUT2D eigenvalue weighted by molar-refractivity contribution is 6.30. The summed E-state index contributed by atoms with van der Waals surface area (Å²) in [6.45, 7) is 0. The van der Waals surface area contributed by atoms with E-state index in [4.69, 9.17) is 22.4 Å². The molecule has 104 valence electrons.